The minimum atomic E-state index is -0.391. The summed E-state index contributed by atoms with van der Waals surface area (Å²) in [6, 6.07) is 8.16. The molecule has 0 spiro atoms. The molecule has 0 saturated heterocycles. The van der Waals surface area contributed by atoms with Crippen molar-refractivity contribution in [2.75, 3.05) is 0 Å². The molecule has 132 valence electrons. The Kier molecular flexibility index (Phi) is 4.19. The van der Waals surface area contributed by atoms with E-state index in [1.54, 1.807) is 6.92 Å². The van der Waals surface area contributed by atoms with Crippen LogP contribution in [-0.4, -0.2) is 21.9 Å². The summed E-state index contributed by atoms with van der Waals surface area (Å²) < 4.78 is 1.04. The van der Waals surface area contributed by atoms with Crippen LogP contribution in [0.2, 0.25) is 0 Å². The molecular weight excluding hydrogens is 390 g/mol. The average Bonchev–Trinajstić information content (AvgIpc) is 2.99. The van der Waals surface area contributed by atoms with Crippen LogP contribution in [0.1, 0.15) is 26.0 Å². The number of H-pyrrole nitrogens is 1. The lowest BCUT2D eigenvalue weighted by molar-refractivity contribution is -0.119. The number of aromatic nitrogens is 2. The summed E-state index contributed by atoms with van der Waals surface area (Å²) in [6.45, 7) is 3.69. The molecule has 4 rings (SSSR count). The van der Waals surface area contributed by atoms with E-state index in [1.807, 2.05) is 30.5 Å². The number of fused-ring (bicyclic) bond motifs is 3. The Morgan fingerprint density at radius 2 is 2.15 bits per heavy atom. The van der Waals surface area contributed by atoms with Gasteiger partial charge in [-0.1, -0.05) is 53.2 Å². The number of nitrogens with zero attached hydrogens (tertiary/aromatic N) is 1. The van der Waals surface area contributed by atoms with Gasteiger partial charge in [-0.05, 0) is 24.6 Å². The first-order chi connectivity index (χ1) is 12.5. The number of benzene rings is 1. The number of nitrogens with one attached hydrogen (secondary N) is 2. The highest BCUT2D eigenvalue weighted by molar-refractivity contribution is 9.10. The van der Waals surface area contributed by atoms with E-state index in [9.17, 15) is 4.79 Å². The maximum atomic E-state index is 11.8. The van der Waals surface area contributed by atoms with Crippen molar-refractivity contribution in [3.05, 3.63) is 64.9 Å². The van der Waals surface area contributed by atoms with Crippen molar-refractivity contribution in [2.45, 2.75) is 31.7 Å². The number of rotatable bonds is 3. The van der Waals surface area contributed by atoms with Crippen LogP contribution in [0, 0.1) is 0 Å². The molecule has 2 atom stereocenters. The van der Waals surface area contributed by atoms with Crippen molar-refractivity contribution in [3.8, 4) is 0 Å². The van der Waals surface area contributed by atoms with E-state index in [0.29, 0.717) is 0 Å². The zero-order valence-corrected chi connectivity index (χ0v) is 16.3. The van der Waals surface area contributed by atoms with Crippen LogP contribution in [0.15, 0.2) is 59.2 Å². The predicted octanol–water partition coefficient (Wildman–Crippen LogP) is 4.76. The van der Waals surface area contributed by atoms with Crippen LogP contribution in [0.5, 0.6) is 0 Å². The Morgan fingerprint density at radius 3 is 2.92 bits per heavy atom. The fourth-order valence-electron chi connectivity index (χ4n) is 3.96. The van der Waals surface area contributed by atoms with E-state index in [0.717, 1.165) is 33.0 Å². The van der Waals surface area contributed by atoms with Crippen molar-refractivity contribution in [1.29, 1.82) is 0 Å². The second-order valence-electron chi connectivity index (χ2n) is 6.71. The highest BCUT2D eigenvalue weighted by Gasteiger charge is 2.40. The Labute approximate surface area is 160 Å². The summed E-state index contributed by atoms with van der Waals surface area (Å²) in [5, 5.41) is 5.41. The number of hydrogen-bond acceptors (Lipinski definition) is 2. The molecule has 5 heteroatoms. The number of carbonyl (C=O) groups is 1. The maximum Gasteiger partial charge on any atom is 0.217 e. The van der Waals surface area contributed by atoms with Crippen molar-refractivity contribution >= 4 is 43.6 Å². The first-order valence-corrected chi connectivity index (χ1v) is 9.54. The molecule has 26 heavy (non-hydrogen) atoms. The molecule has 2 N–H and O–H groups in total. The second kappa shape index (κ2) is 6.40. The lowest BCUT2D eigenvalue weighted by Crippen LogP contribution is -2.49. The minimum absolute atomic E-state index is 0.0412. The van der Waals surface area contributed by atoms with Gasteiger partial charge in [0.25, 0.3) is 0 Å². The average molecular weight is 410 g/mol. The standard InChI is InChI=1S/C21H20BrN3O/c1-3-21(10-5-4-6-18(21)24-13(2)26)20-19-16(9-11-23-20)15-8-7-14(22)12-17(15)25-19/h4-12,18,25H,3H2,1-2H3,(H,24,26)/t18?,21-/m1/s1. The Bertz CT molecular complexity index is 1070. The zero-order chi connectivity index (χ0) is 18.3. The predicted molar refractivity (Wildman–Crippen MR) is 109 cm³/mol. The molecule has 4 nitrogen and oxygen atoms in total. The first-order valence-electron chi connectivity index (χ1n) is 8.74. The van der Waals surface area contributed by atoms with Gasteiger partial charge in [-0.25, -0.2) is 0 Å². The van der Waals surface area contributed by atoms with E-state index >= 15 is 0 Å². The van der Waals surface area contributed by atoms with Gasteiger partial charge >= 0.3 is 0 Å². The van der Waals surface area contributed by atoms with Crippen LogP contribution in [0.25, 0.3) is 21.8 Å². The lowest BCUT2D eigenvalue weighted by atomic mass is 9.71. The summed E-state index contributed by atoms with van der Waals surface area (Å²) in [5.74, 6) is -0.0412. The molecule has 0 bridgehead atoms. The first kappa shape index (κ1) is 17.0. The van der Waals surface area contributed by atoms with Gasteiger partial charge in [-0.15, -0.1) is 0 Å². The van der Waals surface area contributed by atoms with E-state index in [4.69, 9.17) is 4.98 Å². The monoisotopic (exact) mass is 409 g/mol. The van der Waals surface area contributed by atoms with E-state index in [-0.39, 0.29) is 11.9 Å². The van der Waals surface area contributed by atoms with Gasteiger partial charge in [0.1, 0.15) is 0 Å². The Hall–Kier alpha value is -2.40. The van der Waals surface area contributed by atoms with E-state index < -0.39 is 5.41 Å². The van der Waals surface area contributed by atoms with Gasteiger partial charge in [0.05, 0.1) is 22.7 Å². The molecule has 0 saturated carbocycles. The number of amides is 1. The topological polar surface area (TPSA) is 57.8 Å². The summed E-state index contributed by atoms with van der Waals surface area (Å²) >= 11 is 3.54. The van der Waals surface area contributed by atoms with Gasteiger partial charge in [-0.2, -0.15) is 0 Å². The molecule has 1 aliphatic rings. The van der Waals surface area contributed by atoms with Crippen molar-refractivity contribution in [1.82, 2.24) is 15.3 Å². The normalized spacial score (nSPS) is 22.2. The Morgan fingerprint density at radius 1 is 1.31 bits per heavy atom. The largest absolute Gasteiger partial charge is 0.353 e. The number of pyridine rings is 1. The van der Waals surface area contributed by atoms with Crippen LogP contribution in [0.4, 0.5) is 0 Å². The lowest BCUT2D eigenvalue weighted by Gasteiger charge is -2.38. The van der Waals surface area contributed by atoms with Crippen LogP contribution < -0.4 is 5.32 Å². The molecule has 0 fully saturated rings. The number of halogens is 1. The number of aromatic amines is 1. The molecule has 1 unspecified atom stereocenters. The molecule has 2 aromatic heterocycles. The minimum Gasteiger partial charge on any atom is -0.353 e. The fourth-order valence-corrected chi connectivity index (χ4v) is 4.32. The quantitative estimate of drug-likeness (QED) is 0.654. The SMILES string of the molecule is CC[C@@]1(c2nccc3c2[nH]c2cc(Br)ccc23)C=CC=CC1NC(C)=O. The summed E-state index contributed by atoms with van der Waals surface area (Å²) in [5.41, 5.74) is 2.67. The van der Waals surface area contributed by atoms with Crippen LogP contribution in [-0.2, 0) is 10.2 Å². The molecular formula is C21H20BrN3O. The van der Waals surface area contributed by atoms with Gasteiger partial charge in [0.15, 0.2) is 0 Å². The summed E-state index contributed by atoms with van der Waals surface area (Å²) in [4.78, 5) is 20.1. The fraction of sp³-hybridized carbons (Fsp3) is 0.238. The van der Waals surface area contributed by atoms with Crippen LogP contribution >= 0.6 is 15.9 Å². The zero-order valence-electron chi connectivity index (χ0n) is 14.7. The number of allylic oxidation sites excluding steroid dienone is 2. The van der Waals surface area contributed by atoms with Gasteiger partial charge < -0.3 is 10.3 Å². The smallest absolute Gasteiger partial charge is 0.217 e. The van der Waals surface area contributed by atoms with Gasteiger partial charge in [0, 0.05) is 33.9 Å². The number of hydrogen-bond donors (Lipinski definition) is 2. The molecule has 0 radical (unpaired) electrons. The summed E-state index contributed by atoms with van der Waals surface area (Å²) in [7, 11) is 0. The Balaban J connectivity index is 1.99. The highest BCUT2D eigenvalue weighted by atomic mass is 79.9. The molecule has 0 aliphatic heterocycles. The van der Waals surface area contributed by atoms with Crippen molar-refractivity contribution in [3.63, 3.8) is 0 Å². The van der Waals surface area contributed by atoms with Crippen LogP contribution in [0.3, 0.4) is 0 Å². The highest BCUT2D eigenvalue weighted by Crippen LogP contribution is 2.40. The second-order valence-corrected chi connectivity index (χ2v) is 7.63. The summed E-state index contributed by atoms with van der Waals surface area (Å²) in [6.07, 6.45) is 10.9. The van der Waals surface area contributed by atoms with Crippen molar-refractivity contribution in [2.24, 2.45) is 0 Å². The van der Waals surface area contributed by atoms with E-state index in [2.05, 4.69) is 57.4 Å². The molecule has 2 heterocycles. The van der Waals surface area contributed by atoms with Crippen molar-refractivity contribution < 1.29 is 4.79 Å². The molecule has 3 aromatic rings. The maximum absolute atomic E-state index is 11.8. The van der Waals surface area contributed by atoms with Gasteiger partial charge in [0.2, 0.25) is 5.91 Å². The third-order valence-electron chi connectivity index (χ3n) is 5.23. The molecule has 1 aromatic carbocycles. The molecule has 1 aliphatic carbocycles. The number of carbonyl (C=O) groups excluding carboxylic acids is 1. The van der Waals surface area contributed by atoms with E-state index in [1.165, 1.54) is 5.39 Å². The third kappa shape index (κ3) is 2.58. The molecule has 1 amide bonds. The van der Waals surface area contributed by atoms with Gasteiger partial charge in [-0.3, -0.25) is 9.78 Å². The third-order valence-corrected chi connectivity index (χ3v) is 5.72.